The summed E-state index contributed by atoms with van der Waals surface area (Å²) in [5, 5.41) is 0. The number of rotatable bonds is 20. The molecule has 0 radical (unpaired) electrons. The Morgan fingerprint density at radius 3 is 2.39 bits per heavy atom. The second-order valence-electron chi connectivity index (χ2n) is 10.5. The van der Waals surface area contributed by atoms with Crippen molar-refractivity contribution in [3.63, 3.8) is 0 Å². The molecule has 2 aromatic heterocycles. The van der Waals surface area contributed by atoms with Crippen LogP contribution in [0.4, 0.5) is 19.0 Å². The lowest BCUT2D eigenvalue weighted by molar-refractivity contribution is 0.0718. The minimum atomic E-state index is -3.85. The van der Waals surface area contributed by atoms with Crippen LogP contribution >= 0.6 is 19.4 Å². The lowest BCUT2D eigenvalue weighted by Gasteiger charge is -2.17. The van der Waals surface area contributed by atoms with Crippen LogP contribution in [0, 0.1) is 29.3 Å². The van der Waals surface area contributed by atoms with E-state index < -0.39 is 25.0 Å². The van der Waals surface area contributed by atoms with Crippen LogP contribution in [0.25, 0.3) is 11.2 Å². The maximum Gasteiger partial charge on any atom is 0.353 e. The van der Waals surface area contributed by atoms with Crippen molar-refractivity contribution in [3.8, 4) is 11.8 Å². The summed E-state index contributed by atoms with van der Waals surface area (Å²) in [6, 6.07) is 1.28. The summed E-state index contributed by atoms with van der Waals surface area (Å²) < 4.78 is 64.9. The number of halogens is 3. The number of anilines is 1. The van der Waals surface area contributed by atoms with E-state index in [1.54, 1.807) is 17.8 Å². The van der Waals surface area contributed by atoms with Crippen molar-refractivity contribution in [1.82, 2.24) is 19.5 Å². The van der Waals surface area contributed by atoms with E-state index in [9.17, 15) is 22.6 Å². The van der Waals surface area contributed by atoms with Crippen molar-refractivity contribution in [3.05, 3.63) is 47.8 Å². The molecule has 14 heteroatoms. The van der Waals surface area contributed by atoms with Gasteiger partial charge in [-0.3, -0.25) is 4.57 Å². The van der Waals surface area contributed by atoms with Gasteiger partial charge in [-0.1, -0.05) is 50.4 Å². The van der Waals surface area contributed by atoms with Gasteiger partial charge >= 0.3 is 7.60 Å². The van der Waals surface area contributed by atoms with Crippen LogP contribution in [-0.4, -0.2) is 55.0 Å². The van der Waals surface area contributed by atoms with Crippen molar-refractivity contribution in [2.24, 2.45) is 0 Å². The molecule has 0 aliphatic rings. The van der Waals surface area contributed by atoms with Gasteiger partial charge in [0.25, 0.3) is 0 Å². The van der Waals surface area contributed by atoms with E-state index >= 15 is 0 Å². The molecule has 9 nitrogen and oxygen atoms in total. The average molecular weight is 656 g/mol. The first-order valence-corrected chi connectivity index (χ1v) is 17.8. The molecule has 3 aromatic rings. The first-order chi connectivity index (χ1) is 21.2. The van der Waals surface area contributed by atoms with Crippen LogP contribution in [0.15, 0.2) is 24.8 Å². The number of benzene rings is 1. The predicted octanol–water partition coefficient (Wildman–Crippen LogP) is 7.08. The number of imidazole rings is 1. The first kappa shape index (κ1) is 35.9. The highest BCUT2D eigenvalue weighted by Crippen LogP contribution is 2.42. The highest BCUT2D eigenvalue weighted by molar-refractivity contribution is 7.99. The minimum Gasteiger partial charge on any atom is -0.382 e. The van der Waals surface area contributed by atoms with Crippen LogP contribution < -0.4 is 5.73 Å². The van der Waals surface area contributed by atoms with Gasteiger partial charge in [-0.15, -0.1) is 0 Å². The fourth-order valence-electron chi connectivity index (χ4n) is 4.38. The highest BCUT2D eigenvalue weighted by atomic mass is 32.2. The smallest absolute Gasteiger partial charge is 0.353 e. The quantitative estimate of drug-likeness (QED) is 0.0747. The molecule has 1 aromatic carbocycles. The topological polar surface area (TPSA) is 125 Å². The van der Waals surface area contributed by atoms with Crippen molar-refractivity contribution in [1.29, 1.82) is 0 Å². The van der Waals surface area contributed by atoms with E-state index in [4.69, 9.17) is 15.0 Å². The van der Waals surface area contributed by atoms with Gasteiger partial charge in [0.1, 0.15) is 35.6 Å². The Hall–Kier alpha value is -2.62. The maximum atomic E-state index is 13.6. The molecular formula is C30H41F3N5O4PS. The average Bonchev–Trinajstić information content (AvgIpc) is 3.38. The number of nitrogens with two attached hydrogens (primary N) is 1. The highest BCUT2D eigenvalue weighted by Gasteiger charge is 2.21. The fraction of sp³-hybridized carbons (Fsp3) is 0.567. The molecule has 2 atom stereocenters. The number of thioether (sulfide) groups is 1. The Bertz CT molecular complexity index is 1410. The Balaban J connectivity index is 1.11. The summed E-state index contributed by atoms with van der Waals surface area (Å²) in [5.41, 5.74) is 6.50. The summed E-state index contributed by atoms with van der Waals surface area (Å²) in [7, 11) is -3.85. The van der Waals surface area contributed by atoms with E-state index in [1.165, 1.54) is 25.6 Å². The minimum absolute atomic E-state index is 0.201. The van der Waals surface area contributed by atoms with E-state index in [-0.39, 0.29) is 24.6 Å². The molecule has 0 fully saturated rings. The second-order valence-corrected chi connectivity index (χ2v) is 13.5. The number of aromatic nitrogens is 4. The van der Waals surface area contributed by atoms with Gasteiger partial charge in [-0.05, 0) is 37.7 Å². The molecular weight excluding hydrogens is 614 g/mol. The third kappa shape index (κ3) is 12.8. The van der Waals surface area contributed by atoms with Crippen molar-refractivity contribution < 1.29 is 31.9 Å². The van der Waals surface area contributed by atoms with Gasteiger partial charge in [0.05, 0.1) is 31.1 Å². The molecule has 0 spiro atoms. The molecule has 0 bridgehead atoms. The normalized spacial score (nSPS) is 13.5. The molecule has 242 valence electrons. The van der Waals surface area contributed by atoms with Gasteiger partial charge in [-0.25, -0.2) is 28.1 Å². The number of unbranched alkanes of at least 4 members (excludes halogenated alkanes) is 8. The first-order valence-electron chi connectivity index (χ1n) is 14.9. The zero-order valence-corrected chi connectivity index (χ0v) is 26.7. The number of fused-ring (bicyclic) bond motifs is 1. The molecule has 2 heterocycles. The second kappa shape index (κ2) is 19.0. The van der Waals surface area contributed by atoms with Gasteiger partial charge in [-0.2, -0.15) is 11.8 Å². The summed E-state index contributed by atoms with van der Waals surface area (Å²) in [5.74, 6) is 4.56. The number of hydrogen-bond donors (Lipinski definition) is 2. The number of nitrogen functional groups attached to an aromatic ring is 1. The van der Waals surface area contributed by atoms with E-state index in [2.05, 4.69) is 26.8 Å². The molecule has 1 unspecified atom stereocenters. The molecule has 0 amide bonds. The van der Waals surface area contributed by atoms with Gasteiger partial charge in [0.2, 0.25) is 0 Å². The Morgan fingerprint density at radius 2 is 1.66 bits per heavy atom. The molecule has 44 heavy (non-hydrogen) atoms. The summed E-state index contributed by atoms with van der Waals surface area (Å²) >= 11 is 1.82. The van der Waals surface area contributed by atoms with E-state index in [0.717, 1.165) is 43.6 Å². The van der Waals surface area contributed by atoms with Gasteiger partial charge in [0.15, 0.2) is 11.5 Å². The van der Waals surface area contributed by atoms with Crippen molar-refractivity contribution in [2.45, 2.75) is 83.8 Å². The largest absolute Gasteiger partial charge is 0.382 e. The maximum absolute atomic E-state index is 13.6. The molecule has 3 N–H and O–H groups in total. The van der Waals surface area contributed by atoms with Gasteiger partial charge in [0, 0.05) is 18.6 Å². The molecule has 0 saturated heterocycles. The zero-order valence-electron chi connectivity index (χ0n) is 25.0. The summed E-state index contributed by atoms with van der Waals surface area (Å²) in [6.07, 6.45) is 12.2. The predicted molar refractivity (Wildman–Crippen MR) is 168 cm³/mol. The van der Waals surface area contributed by atoms with Crippen LogP contribution in [0.3, 0.4) is 0 Å². The summed E-state index contributed by atoms with van der Waals surface area (Å²) in [4.78, 5) is 22.4. The molecule has 0 aliphatic carbocycles. The zero-order chi connectivity index (χ0) is 31.8. The third-order valence-electron chi connectivity index (χ3n) is 6.69. The van der Waals surface area contributed by atoms with Gasteiger partial charge < -0.3 is 24.5 Å². The lowest BCUT2D eigenvalue weighted by Crippen LogP contribution is -2.17. The van der Waals surface area contributed by atoms with E-state index in [0.29, 0.717) is 48.5 Å². The third-order valence-corrected chi connectivity index (χ3v) is 8.91. The molecule has 3 rings (SSSR count). The molecule has 0 saturated carbocycles. The summed E-state index contributed by atoms with van der Waals surface area (Å²) in [6.45, 7) is 2.38. The fourth-order valence-corrected chi connectivity index (χ4v) is 6.25. The van der Waals surface area contributed by atoms with Crippen LogP contribution in [0.2, 0.25) is 0 Å². The number of hydrogen-bond acceptors (Lipinski definition) is 8. The van der Waals surface area contributed by atoms with E-state index in [1.807, 2.05) is 11.8 Å². The number of ether oxygens (including phenoxy) is 1. The Kier molecular flexibility index (Phi) is 15.5. The standard InChI is InChI=1S/C30H41F3N5O4PS/c1-23(19-38-21-37-28-29(34)35-20-36-30(28)38)41-22-43(39,40)42-14-12-16-44-15-11-9-7-5-3-2-4-6-8-10-13-25-26(32)17-24(31)18-27(25)33/h17-18,20-21,23H,2-9,11-12,14-16,19,22H2,1H3,(H,39,40)(H2,34,35,36)/t23-/m1/s1. The Labute approximate surface area is 261 Å². The monoisotopic (exact) mass is 655 g/mol. The lowest BCUT2D eigenvalue weighted by atomic mass is 10.1. The van der Waals surface area contributed by atoms with Crippen molar-refractivity contribution in [2.75, 3.05) is 30.2 Å². The Morgan fingerprint density at radius 1 is 1.00 bits per heavy atom. The van der Waals surface area contributed by atoms with Crippen LogP contribution in [0.5, 0.6) is 0 Å². The van der Waals surface area contributed by atoms with Crippen molar-refractivity contribution >= 4 is 36.3 Å². The van der Waals surface area contributed by atoms with Crippen LogP contribution in [0.1, 0.15) is 76.7 Å². The number of nitrogens with zero attached hydrogens (tertiary/aromatic N) is 4. The molecule has 0 aliphatic heterocycles. The van der Waals surface area contributed by atoms with Crippen LogP contribution in [-0.2, 0) is 20.4 Å². The SMILES string of the molecule is C[C@H](Cn1cnc2c(N)ncnc21)OCP(=O)(O)OCCCSCCCCCCCCCCC#Cc1c(F)cc(F)cc1F.